The Bertz CT molecular complexity index is 1840. The maximum atomic E-state index is 14.5. The third-order valence-corrected chi connectivity index (χ3v) is 9.04. The van der Waals surface area contributed by atoms with Gasteiger partial charge in [0.2, 0.25) is 5.91 Å². The molecule has 42 heavy (non-hydrogen) atoms. The molecule has 2 aliphatic rings. The van der Waals surface area contributed by atoms with E-state index in [1.807, 2.05) is 74.6 Å². The Labute approximate surface area is 244 Å². The number of rotatable bonds is 7. The van der Waals surface area contributed by atoms with Gasteiger partial charge >= 0.3 is 0 Å². The zero-order valence-electron chi connectivity index (χ0n) is 24.1. The van der Waals surface area contributed by atoms with Crippen molar-refractivity contribution in [3.05, 3.63) is 95.3 Å². The third kappa shape index (κ3) is 3.81. The average Bonchev–Trinajstić information content (AvgIpc) is 3.61. The number of aromatic nitrogens is 2. The largest absolute Gasteiger partial charge is 0.493 e. The van der Waals surface area contributed by atoms with Crippen molar-refractivity contribution in [2.75, 3.05) is 33.4 Å². The molecule has 4 heterocycles. The van der Waals surface area contributed by atoms with Crippen LogP contribution in [-0.4, -0.2) is 64.9 Å². The highest BCUT2D eigenvalue weighted by molar-refractivity contribution is 6.01. The van der Waals surface area contributed by atoms with E-state index < -0.39 is 5.54 Å². The first kappa shape index (κ1) is 26.2. The van der Waals surface area contributed by atoms with Crippen LogP contribution in [0.3, 0.4) is 0 Å². The van der Waals surface area contributed by atoms with E-state index in [-0.39, 0.29) is 24.3 Å². The van der Waals surface area contributed by atoms with Crippen LogP contribution in [0.4, 0.5) is 0 Å². The van der Waals surface area contributed by atoms with E-state index in [9.17, 15) is 9.59 Å². The number of H-pyrrole nitrogens is 2. The molecule has 2 aromatic heterocycles. The molecule has 1 fully saturated rings. The average molecular weight is 563 g/mol. The number of para-hydroxylation sites is 3. The number of methoxy groups -OCH3 is 1. The van der Waals surface area contributed by atoms with Crippen LogP contribution in [0.5, 0.6) is 11.5 Å². The van der Waals surface area contributed by atoms with Crippen molar-refractivity contribution >= 4 is 33.6 Å². The maximum Gasteiger partial charge on any atom is 0.254 e. The molecule has 2 atom stereocenters. The Kier molecular flexibility index (Phi) is 6.22. The summed E-state index contributed by atoms with van der Waals surface area (Å²) in [5.41, 5.74) is 4.70. The van der Waals surface area contributed by atoms with Crippen LogP contribution in [0.25, 0.3) is 21.8 Å². The number of benzene rings is 3. The van der Waals surface area contributed by atoms with Crippen molar-refractivity contribution in [1.29, 1.82) is 0 Å². The number of hydrogen-bond donors (Lipinski definition) is 2. The Morgan fingerprint density at radius 1 is 0.976 bits per heavy atom. The summed E-state index contributed by atoms with van der Waals surface area (Å²) >= 11 is 0. The van der Waals surface area contributed by atoms with Crippen molar-refractivity contribution in [2.24, 2.45) is 0 Å². The molecule has 3 aromatic carbocycles. The van der Waals surface area contributed by atoms with Gasteiger partial charge in [-0.3, -0.25) is 9.59 Å². The molecule has 8 nitrogen and oxygen atoms in total. The van der Waals surface area contributed by atoms with Gasteiger partial charge in [-0.25, -0.2) is 0 Å². The fraction of sp³-hybridized carbons (Fsp3) is 0.294. The molecule has 1 saturated heterocycles. The van der Waals surface area contributed by atoms with E-state index >= 15 is 0 Å². The first-order valence-corrected chi connectivity index (χ1v) is 14.5. The number of ether oxygens (including phenoxy) is 2. The fourth-order valence-electron chi connectivity index (χ4n) is 7.00. The number of hydrogen-bond acceptors (Lipinski definition) is 4. The summed E-state index contributed by atoms with van der Waals surface area (Å²) in [5.74, 6) is 0.975. The molecule has 7 rings (SSSR count). The molecule has 2 unspecified atom stereocenters. The van der Waals surface area contributed by atoms with E-state index in [1.165, 1.54) is 0 Å². The minimum Gasteiger partial charge on any atom is -0.493 e. The van der Waals surface area contributed by atoms with Gasteiger partial charge in [0.05, 0.1) is 26.0 Å². The molecule has 5 aromatic rings. The van der Waals surface area contributed by atoms with Crippen LogP contribution in [0, 0.1) is 0 Å². The van der Waals surface area contributed by atoms with Crippen LogP contribution in [0.1, 0.15) is 42.1 Å². The van der Waals surface area contributed by atoms with Crippen molar-refractivity contribution < 1.29 is 19.1 Å². The fourth-order valence-corrected chi connectivity index (χ4v) is 7.00. The smallest absolute Gasteiger partial charge is 0.254 e. The summed E-state index contributed by atoms with van der Waals surface area (Å²) in [6.07, 6.45) is 2.66. The van der Waals surface area contributed by atoms with Crippen LogP contribution < -0.4 is 9.47 Å². The number of carbonyl (C=O) groups is 2. The molecular weight excluding hydrogens is 528 g/mol. The van der Waals surface area contributed by atoms with E-state index in [1.54, 1.807) is 16.9 Å². The molecule has 2 aliphatic heterocycles. The van der Waals surface area contributed by atoms with Crippen molar-refractivity contribution in [3.63, 3.8) is 0 Å². The van der Waals surface area contributed by atoms with Gasteiger partial charge in [0.25, 0.3) is 5.91 Å². The van der Waals surface area contributed by atoms with Gasteiger partial charge < -0.3 is 29.2 Å². The summed E-state index contributed by atoms with van der Waals surface area (Å²) in [6.45, 7) is 5.19. The molecule has 2 N–H and O–H groups in total. The standard InChI is InChI=1S/C34H34N4O4/c1-4-42-31-23(12-9-15-28(31)41-3)25-19-38-29(39)20-37(17-16-21-18-35-26-13-7-5-10-22(21)26)33(40)34(38,2)32-30(25)24-11-6-8-14-27(24)36-32/h5-15,18,25,35-36H,4,16-17,19-20H2,1-3H3. The number of nitrogens with one attached hydrogen (secondary N) is 2. The number of nitrogens with zero attached hydrogens (tertiary/aromatic N) is 2. The second-order valence-electron chi connectivity index (χ2n) is 11.2. The minimum absolute atomic E-state index is 0.0511. The predicted octanol–water partition coefficient (Wildman–Crippen LogP) is 5.33. The highest BCUT2D eigenvalue weighted by atomic mass is 16.5. The zero-order valence-corrected chi connectivity index (χ0v) is 24.1. The van der Waals surface area contributed by atoms with Gasteiger partial charge in [-0.2, -0.15) is 0 Å². The molecule has 8 heteroatoms. The van der Waals surface area contributed by atoms with Gasteiger partial charge in [-0.05, 0) is 49.6 Å². The van der Waals surface area contributed by atoms with Gasteiger partial charge in [-0.15, -0.1) is 0 Å². The Morgan fingerprint density at radius 2 is 1.74 bits per heavy atom. The lowest BCUT2D eigenvalue weighted by molar-refractivity contribution is -0.166. The minimum atomic E-state index is -1.16. The number of amides is 2. The topological polar surface area (TPSA) is 90.7 Å². The normalized spacial score (nSPS) is 20.2. The second kappa shape index (κ2) is 9.98. The lowest BCUT2D eigenvalue weighted by atomic mass is 9.76. The van der Waals surface area contributed by atoms with Crippen molar-refractivity contribution in [2.45, 2.75) is 31.7 Å². The number of fused-ring (bicyclic) bond motifs is 6. The molecule has 0 spiro atoms. The van der Waals surface area contributed by atoms with Crippen molar-refractivity contribution in [1.82, 2.24) is 19.8 Å². The van der Waals surface area contributed by atoms with Crippen LogP contribution >= 0.6 is 0 Å². The number of carbonyl (C=O) groups excluding carboxylic acids is 2. The third-order valence-electron chi connectivity index (χ3n) is 9.04. The van der Waals surface area contributed by atoms with Gasteiger partial charge in [-0.1, -0.05) is 48.5 Å². The molecule has 0 bridgehead atoms. The molecule has 0 radical (unpaired) electrons. The molecule has 2 amide bonds. The maximum absolute atomic E-state index is 14.5. The summed E-state index contributed by atoms with van der Waals surface area (Å²) in [7, 11) is 1.63. The Hall–Kier alpha value is -4.72. The summed E-state index contributed by atoms with van der Waals surface area (Å²) in [6, 6.07) is 22.1. The number of aromatic amines is 2. The van der Waals surface area contributed by atoms with Crippen LogP contribution in [-0.2, 0) is 21.5 Å². The van der Waals surface area contributed by atoms with Crippen LogP contribution in [0.2, 0.25) is 0 Å². The molecule has 214 valence electrons. The monoisotopic (exact) mass is 562 g/mol. The second-order valence-corrected chi connectivity index (χ2v) is 11.2. The summed E-state index contributed by atoms with van der Waals surface area (Å²) in [4.78, 5) is 38.8. The SMILES string of the molecule is CCOc1c(OC)cccc1C1CN2C(=O)CN(CCc3c[nH]c4ccccc34)C(=O)C2(C)c2[nH]c3ccccc3c21. The van der Waals surface area contributed by atoms with E-state index in [4.69, 9.17) is 9.47 Å². The highest BCUT2D eigenvalue weighted by Gasteiger charge is 2.56. The first-order valence-electron chi connectivity index (χ1n) is 14.5. The van der Waals surface area contributed by atoms with E-state index in [2.05, 4.69) is 22.1 Å². The lowest BCUT2D eigenvalue weighted by Crippen LogP contribution is -2.67. The molecular formula is C34H34N4O4. The zero-order chi connectivity index (χ0) is 29.0. The van der Waals surface area contributed by atoms with Crippen LogP contribution in [0.15, 0.2) is 72.9 Å². The van der Waals surface area contributed by atoms with Crippen molar-refractivity contribution in [3.8, 4) is 11.5 Å². The van der Waals surface area contributed by atoms with Gasteiger partial charge in [0.1, 0.15) is 0 Å². The number of piperazine rings is 1. The first-order chi connectivity index (χ1) is 20.5. The Morgan fingerprint density at radius 3 is 2.52 bits per heavy atom. The Balaban J connectivity index is 1.32. The quantitative estimate of drug-likeness (QED) is 0.281. The highest BCUT2D eigenvalue weighted by Crippen LogP contribution is 2.50. The van der Waals surface area contributed by atoms with Gasteiger partial charge in [0.15, 0.2) is 17.0 Å². The summed E-state index contributed by atoms with van der Waals surface area (Å²) < 4.78 is 11.8. The van der Waals surface area contributed by atoms with Gasteiger partial charge in [0, 0.05) is 52.6 Å². The lowest BCUT2D eigenvalue weighted by Gasteiger charge is -2.51. The molecule has 0 saturated carbocycles. The van der Waals surface area contributed by atoms with E-state index in [0.29, 0.717) is 37.6 Å². The van der Waals surface area contributed by atoms with E-state index in [0.717, 1.165) is 44.2 Å². The molecule has 0 aliphatic carbocycles. The predicted molar refractivity (Wildman–Crippen MR) is 162 cm³/mol. The summed E-state index contributed by atoms with van der Waals surface area (Å²) in [5, 5.41) is 2.18.